The van der Waals surface area contributed by atoms with Gasteiger partial charge in [-0.1, -0.05) is 38.1 Å². The molecule has 2 rings (SSSR count). The molecule has 0 bridgehead atoms. The molecule has 0 aromatic heterocycles. The fraction of sp³-hybridized carbons (Fsp3) is 0.500. The first-order valence-corrected chi connectivity index (χ1v) is 7.35. The average molecular weight is 290 g/mol. The van der Waals surface area contributed by atoms with Gasteiger partial charge < -0.3 is 15.3 Å². The van der Waals surface area contributed by atoms with E-state index in [9.17, 15) is 9.59 Å². The number of carboxylic acid groups (broad SMARTS) is 1. The zero-order valence-corrected chi connectivity index (χ0v) is 12.5. The third-order valence-corrected chi connectivity index (χ3v) is 4.22. The summed E-state index contributed by atoms with van der Waals surface area (Å²) in [5.41, 5.74) is 2.36. The summed E-state index contributed by atoms with van der Waals surface area (Å²) in [5, 5.41) is 11.8. The molecular weight excluding hydrogens is 268 g/mol. The summed E-state index contributed by atoms with van der Waals surface area (Å²) < 4.78 is 0. The molecule has 1 saturated heterocycles. The third-order valence-electron chi connectivity index (χ3n) is 4.22. The van der Waals surface area contributed by atoms with E-state index in [1.54, 1.807) is 11.8 Å². The number of aryl methyl sites for hydroxylation is 1. The summed E-state index contributed by atoms with van der Waals surface area (Å²) in [6.07, 6.45) is 0.938. The fourth-order valence-electron chi connectivity index (χ4n) is 2.55. The molecule has 21 heavy (non-hydrogen) atoms. The molecular formula is C16H22N2O3. The molecule has 1 aromatic rings. The van der Waals surface area contributed by atoms with Gasteiger partial charge in [-0.25, -0.2) is 4.79 Å². The van der Waals surface area contributed by atoms with Crippen LogP contribution in [-0.2, 0) is 17.8 Å². The zero-order chi connectivity index (χ0) is 15.4. The van der Waals surface area contributed by atoms with E-state index >= 15 is 0 Å². The predicted octanol–water partition coefficient (Wildman–Crippen LogP) is 2.11. The molecule has 1 unspecified atom stereocenters. The third kappa shape index (κ3) is 3.54. The van der Waals surface area contributed by atoms with Crippen LogP contribution in [0.2, 0.25) is 0 Å². The van der Waals surface area contributed by atoms with E-state index in [2.05, 4.69) is 18.3 Å². The van der Waals surface area contributed by atoms with Crippen LogP contribution in [0.5, 0.6) is 0 Å². The molecule has 2 N–H and O–H groups in total. The largest absolute Gasteiger partial charge is 0.481 e. The molecule has 2 amide bonds. The van der Waals surface area contributed by atoms with Crippen molar-refractivity contribution < 1.29 is 14.7 Å². The molecule has 1 atom stereocenters. The molecule has 0 radical (unpaired) electrons. The van der Waals surface area contributed by atoms with Crippen LogP contribution in [0.1, 0.15) is 25.0 Å². The Bertz CT molecular complexity index is 524. The van der Waals surface area contributed by atoms with Crippen LogP contribution in [0.3, 0.4) is 0 Å². The van der Waals surface area contributed by atoms with Crippen molar-refractivity contribution in [1.29, 1.82) is 0 Å². The number of carbonyl (C=O) groups excluding carboxylic acids is 1. The lowest BCUT2D eigenvalue weighted by atomic mass is 9.87. The van der Waals surface area contributed by atoms with Crippen molar-refractivity contribution in [1.82, 2.24) is 10.2 Å². The van der Waals surface area contributed by atoms with Crippen molar-refractivity contribution in [3.63, 3.8) is 0 Å². The maximum absolute atomic E-state index is 12.0. The predicted molar refractivity (Wildman–Crippen MR) is 79.9 cm³/mol. The average Bonchev–Trinajstić information content (AvgIpc) is 2.43. The van der Waals surface area contributed by atoms with Crippen LogP contribution in [0.15, 0.2) is 24.3 Å². The molecule has 5 heteroatoms. The van der Waals surface area contributed by atoms with Crippen molar-refractivity contribution >= 4 is 12.0 Å². The van der Waals surface area contributed by atoms with Crippen LogP contribution in [0, 0.1) is 11.8 Å². The fourth-order valence-corrected chi connectivity index (χ4v) is 2.55. The zero-order valence-electron chi connectivity index (χ0n) is 12.5. The number of rotatable bonds is 5. The highest BCUT2D eigenvalue weighted by Crippen LogP contribution is 2.24. The van der Waals surface area contributed by atoms with Crippen molar-refractivity contribution in [3.05, 3.63) is 35.4 Å². The summed E-state index contributed by atoms with van der Waals surface area (Å²) in [7, 11) is 0. The normalized spacial score (nSPS) is 16.2. The Morgan fingerprint density at radius 1 is 1.33 bits per heavy atom. The number of hydrogen-bond donors (Lipinski definition) is 2. The first-order valence-electron chi connectivity index (χ1n) is 7.35. The smallest absolute Gasteiger partial charge is 0.317 e. The molecule has 5 nitrogen and oxygen atoms in total. The molecule has 1 aliphatic heterocycles. The van der Waals surface area contributed by atoms with Gasteiger partial charge >= 0.3 is 12.0 Å². The van der Waals surface area contributed by atoms with Crippen molar-refractivity contribution in [3.8, 4) is 0 Å². The maximum atomic E-state index is 12.0. The van der Waals surface area contributed by atoms with Crippen LogP contribution in [0.25, 0.3) is 0 Å². The number of hydrogen-bond acceptors (Lipinski definition) is 2. The minimum atomic E-state index is -0.795. The quantitative estimate of drug-likeness (QED) is 0.872. The highest BCUT2D eigenvalue weighted by Gasteiger charge is 2.37. The summed E-state index contributed by atoms with van der Waals surface area (Å²) in [5.74, 6) is -1.12. The summed E-state index contributed by atoms with van der Waals surface area (Å²) >= 11 is 0. The van der Waals surface area contributed by atoms with Crippen LogP contribution in [0.4, 0.5) is 4.79 Å². The van der Waals surface area contributed by atoms with E-state index in [1.807, 2.05) is 18.2 Å². The summed E-state index contributed by atoms with van der Waals surface area (Å²) in [6, 6.07) is 7.93. The lowest BCUT2D eigenvalue weighted by Gasteiger charge is -2.41. The minimum Gasteiger partial charge on any atom is -0.481 e. The number of nitrogens with zero attached hydrogens (tertiary/aromatic N) is 1. The second-order valence-electron chi connectivity index (χ2n) is 5.57. The van der Waals surface area contributed by atoms with Crippen LogP contribution >= 0.6 is 0 Å². The van der Waals surface area contributed by atoms with Crippen LogP contribution < -0.4 is 5.32 Å². The first-order chi connectivity index (χ1) is 10.0. The first kappa shape index (κ1) is 15.4. The van der Waals surface area contributed by atoms with E-state index in [0.29, 0.717) is 19.6 Å². The summed E-state index contributed by atoms with van der Waals surface area (Å²) in [4.78, 5) is 24.5. The van der Waals surface area contributed by atoms with Gasteiger partial charge in [0.15, 0.2) is 0 Å². The summed E-state index contributed by atoms with van der Waals surface area (Å²) in [6.45, 7) is 5.34. The van der Waals surface area contributed by atoms with Crippen molar-refractivity contribution in [2.24, 2.45) is 11.8 Å². The Labute approximate surface area is 125 Å². The Morgan fingerprint density at radius 2 is 1.95 bits per heavy atom. The highest BCUT2D eigenvalue weighted by molar-refractivity contribution is 5.76. The number of amides is 2. The number of aliphatic carboxylic acids is 1. The van der Waals surface area contributed by atoms with Crippen molar-refractivity contribution in [2.45, 2.75) is 26.8 Å². The van der Waals surface area contributed by atoms with Gasteiger partial charge in [0.05, 0.1) is 5.92 Å². The molecule has 1 heterocycles. The molecule has 0 aliphatic carbocycles. The number of urea groups is 1. The van der Waals surface area contributed by atoms with E-state index in [-0.39, 0.29) is 11.9 Å². The minimum absolute atomic E-state index is 0.0659. The SMILES string of the molecule is CCc1ccccc1CNC(=O)N1CC(C(C)C(=O)O)C1. The second kappa shape index (κ2) is 6.61. The number of carbonyl (C=O) groups is 2. The van der Waals surface area contributed by atoms with E-state index in [4.69, 9.17) is 5.11 Å². The highest BCUT2D eigenvalue weighted by atomic mass is 16.4. The van der Waals surface area contributed by atoms with E-state index in [0.717, 1.165) is 12.0 Å². The van der Waals surface area contributed by atoms with Gasteiger partial charge in [0.25, 0.3) is 0 Å². The Balaban J connectivity index is 1.80. The molecule has 1 fully saturated rings. The Hall–Kier alpha value is -2.04. The molecule has 0 spiro atoms. The topological polar surface area (TPSA) is 69.6 Å². The Kier molecular flexibility index (Phi) is 4.83. The maximum Gasteiger partial charge on any atom is 0.317 e. The number of carboxylic acids is 1. The van der Waals surface area contributed by atoms with Gasteiger partial charge in [0.1, 0.15) is 0 Å². The van der Waals surface area contributed by atoms with Gasteiger partial charge in [-0.3, -0.25) is 4.79 Å². The van der Waals surface area contributed by atoms with Gasteiger partial charge in [-0.2, -0.15) is 0 Å². The van der Waals surface area contributed by atoms with Gasteiger partial charge in [-0.15, -0.1) is 0 Å². The Morgan fingerprint density at radius 3 is 2.52 bits per heavy atom. The number of benzene rings is 1. The van der Waals surface area contributed by atoms with Crippen molar-refractivity contribution in [2.75, 3.05) is 13.1 Å². The molecule has 0 saturated carbocycles. The van der Waals surface area contributed by atoms with Crippen LogP contribution in [-0.4, -0.2) is 35.1 Å². The monoisotopic (exact) mass is 290 g/mol. The molecule has 114 valence electrons. The second-order valence-corrected chi connectivity index (χ2v) is 5.57. The van der Waals surface area contributed by atoms with E-state index in [1.165, 1.54) is 5.56 Å². The van der Waals surface area contributed by atoms with Gasteiger partial charge in [0, 0.05) is 25.6 Å². The number of nitrogens with one attached hydrogen (secondary N) is 1. The molecule has 1 aliphatic rings. The van der Waals surface area contributed by atoms with Gasteiger partial charge in [-0.05, 0) is 17.5 Å². The van der Waals surface area contributed by atoms with Gasteiger partial charge in [0.2, 0.25) is 0 Å². The molecule has 1 aromatic carbocycles. The van der Waals surface area contributed by atoms with E-state index < -0.39 is 11.9 Å². The number of likely N-dealkylation sites (tertiary alicyclic amines) is 1. The lowest BCUT2D eigenvalue weighted by molar-refractivity contribution is -0.144. The lowest BCUT2D eigenvalue weighted by Crippen LogP contribution is -2.56. The standard InChI is InChI=1S/C16H22N2O3/c1-3-12-6-4-5-7-13(12)8-17-16(21)18-9-14(10-18)11(2)15(19)20/h4-7,11,14H,3,8-10H2,1-2H3,(H,17,21)(H,19,20).